The Hall–Kier alpha value is -1.14. The topological polar surface area (TPSA) is 52.0 Å². The van der Waals surface area contributed by atoms with Crippen molar-refractivity contribution in [3.63, 3.8) is 0 Å². The Bertz CT molecular complexity index is 1100. The Balaban J connectivity index is 0.000000245. The van der Waals surface area contributed by atoms with Crippen molar-refractivity contribution in [2.24, 2.45) is 11.5 Å². The van der Waals surface area contributed by atoms with Crippen LogP contribution in [0.4, 0.5) is 0 Å². The first-order valence-electron chi connectivity index (χ1n) is 12.5. The van der Waals surface area contributed by atoms with Gasteiger partial charge in [0.25, 0.3) is 0 Å². The van der Waals surface area contributed by atoms with Gasteiger partial charge in [-0.3, -0.25) is 0 Å². The molecule has 7 heteroatoms. The summed E-state index contributed by atoms with van der Waals surface area (Å²) >= 11 is -0.346. The van der Waals surface area contributed by atoms with Gasteiger partial charge in [-0.25, -0.2) is 0 Å². The van der Waals surface area contributed by atoms with E-state index in [0.717, 1.165) is 17.5 Å². The molecule has 0 fully saturated rings. The Morgan fingerprint density at radius 2 is 0.842 bits per heavy atom. The zero-order chi connectivity index (χ0) is 27.9. The predicted molar refractivity (Wildman–Crippen MR) is 174 cm³/mol. The summed E-state index contributed by atoms with van der Waals surface area (Å²) in [5.74, 6) is 0. The molecule has 0 aliphatic rings. The molecule has 2 unspecified atom stereocenters. The summed E-state index contributed by atoms with van der Waals surface area (Å²) in [6.45, 7) is 9.52. The summed E-state index contributed by atoms with van der Waals surface area (Å²) in [6, 6.07) is 37.5. The van der Waals surface area contributed by atoms with Crippen LogP contribution in [0.15, 0.2) is 109 Å². The fourth-order valence-corrected chi connectivity index (χ4v) is 6.78. The van der Waals surface area contributed by atoms with Crippen LogP contribution in [-0.4, -0.2) is 26.7 Å². The van der Waals surface area contributed by atoms with Gasteiger partial charge in [0.15, 0.2) is 0 Å². The van der Waals surface area contributed by atoms with Crippen LogP contribution in [-0.2, 0) is 21.6 Å². The van der Waals surface area contributed by atoms with Crippen LogP contribution < -0.4 is 22.1 Å². The van der Waals surface area contributed by atoms with E-state index in [0.29, 0.717) is 0 Å². The maximum atomic E-state index is 6.15. The van der Waals surface area contributed by atoms with Crippen molar-refractivity contribution in [3.8, 4) is 0 Å². The Labute approximate surface area is 247 Å². The van der Waals surface area contributed by atoms with Crippen molar-refractivity contribution in [2.45, 2.75) is 18.5 Å². The molecule has 0 aliphatic heterocycles. The third-order valence-electron chi connectivity index (χ3n) is 6.25. The van der Waals surface area contributed by atoms with Gasteiger partial charge < -0.3 is 11.5 Å². The first kappa shape index (κ1) is 33.1. The van der Waals surface area contributed by atoms with Gasteiger partial charge in [0.2, 0.25) is 0 Å². The van der Waals surface area contributed by atoms with Crippen molar-refractivity contribution in [3.05, 3.63) is 131 Å². The molecule has 38 heavy (non-hydrogen) atoms. The van der Waals surface area contributed by atoms with Crippen LogP contribution in [0.25, 0.3) is 0 Å². The molecule has 4 N–H and O–H groups in total. The summed E-state index contributed by atoms with van der Waals surface area (Å²) in [5.41, 5.74) is 17.5. The zero-order valence-corrected chi connectivity index (χ0v) is 27.8. The van der Waals surface area contributed by atoms with E-state index in [4.69, 9.17) is 30.8 Å². The second-order valence-electron chi connectivity index (χ2n) is 9.41. The fourth-order valence-electron chi connectivity index (χ4n) is 4.29. The molecule has 202 valence electrons. The molecule has 0 radical (unpaired) electrons. The van der Waals surface area contributed by atoms with E-state index in [1.54, 1.807) is 10.6 Å². The molecule has 0 saturated carbocycles. The summed E-state index contributed by atoms with van der Waals surface area (Å²) in [4.78, 5) is 0. The third kappa shape index (κ3) is 10.8. The van der Waals surface area contributed by atoms with Crippen molar-refractivity contribution in [1.29, 1.82) is 0 Å². The number of nitrogens with two attached hydrogens (primary N) is 2. The fraction of sp³-hybridized carbons (Fsp3) is 0.226. The van der Waals surface area contributed by atoms with E-state index in [1.165, 1.54) is 11.1 Å². The van der Waals surface area contributed by atoms with E-state index < -0.39 is 0 Å². The minimum atomic E-state index is -0.385. The number of hydrogen-bond donors (Lipinski definition) is 2. The van der Waals surface area contributed by atoms with Gasteiger partial charge >= 0.3 is 34.5 Å². The molecule has 0 heterocycles. The molecule has 2 atom stereocenters. The Morgan fingerprint density at radius 1 is 0.553 bits per heavy atom. The third-order valence-corrected chi connectivity index (χ3v) is 9.38. The van der Waals surface area contributed by atoms with Gasteiger partial charge in [0.1, 0.15) is 0 Å². The number of halogens is 2. The van der Waals surface area contributed by atoms with Crippen molar-refractivity contribution < 1.29 is 15.1 Å². The van der Waals surface area contributed by atoms with Crippen LogP contribution in [0.1, 0.15) is 34.3 Å². The summed E-state index contributed by atoms with van der Waals surface area (Å²) in [6.07, 6.45) is 1.10. The molecule has 0 amide bonds. The molecule has 0 spiro atoms. The van der Waals surface area contributed by atoms with Crippen molar-refractivity contribution >= 4 is 45.8 Å². The van der Waals surface area contributed by atoms with Gasteiger partial charge in [0.05, 0.1) is 37.3 Å². The van der Waals surface area contributed by atoms with E-state index in [-0.39, 0.29) is 43.1 Å². The molecular formula is C31H40Cl2N2P2Ru+4. The molecule has 0 aliphatic carbocycles. The van der Waals surface area contributed by atoms with E-state index >= 15 is 0 Å². The van der Waals surface area contributed by atoms with Crippen molar-refractivity contribution in [1.82, 2.24) is 0 Å². The van der Waals surface area contributed by atoms with E-state index in [1.807, 2.05) is 60.7 Å². The predicted octanol–water partition coefficient (Wildman–Crippen LogP) is 7.24. The number of hydrogen-bond acceptors (Lipinski definition) is 2. The molecular weight excluding hydrogens is 634 g/mol. The summed E-state index contributed by atoms with van der Waals surface area (Å²) in [7, 11) is 8.94. The van der Waals surface area contributed by atoms with E-state index in [9.17, 15) is 0 Å². The summed E-state index contributed by atoms with van der Waals surface area (Å²) in [5, 5.41) is 3.17. The first-order chi connectivity index (χ1) is 18.3. The van der Waals surface area contributed by atoms with Crippen LogP contribution >= 0.6 is 35.2 Å². The van der Waals surface area contributed by atoms with Crippen LogP contribution in [0, 0.1) is 0 Å². The van der Waals surface area contributed by atoms with Gasteiger partial charge in [-0.1, -0.05) is 97.1 Å². The van der Waals surface area contributed by atoms with Crippen molar-refractivity contribution in [2.75, 3.05) is 26.7 Å². The quantitative estimate of drug-likeness (QED) is 0.161. The van der Waals surface area contributed by atoms with Gasteiger partial charge in [-0.05, 0) is 34.4 Å². The Morgan fingerprint density at radius 3 is 1.16 bits per heavy atom. The summed E-state index contributed by atoms with van der Waals surface area (Å²) < 4.78 is 0. The van der Waals surface area contributed by atoms with E-state index in [2.05, 4.69) is 75.2 Å². The number of benzene rings is 4. The van der Waals surface area contributed by atoms with Gasteiger partial charge in [-0.15, -0.1) is 0 Å². The average molecular weight is 675 g/mol. The first-order valence-corrected chi connectivity index (χ1v) is 22.0. The second-order valence-corrected chi connectivity index (χ2v) is 17.1. The molecule has 4 aromatic carbocycles. The molecule has 2 nitrogen and oxygen atoms in total. The number of rotatable bonds is 7. The normalized spacial score (nSPS) is 12.2. The van der Waals surface area contributed by atoms with Gasteiger partial charge in [-0.2, -0.15) is 0 Å². The monoisotopic (exact) mass is 674 g/mol. The zero-order valence-electron chi connectivity index (χ0n) is 22.5. The standard InChI is InChI=1S/C17H22P2.C14H16N2.2ClH.Ru/c1-18(2)16-11-7-5-9-14(16)13-15-10-6-8-12-17(15)19(3)4;15-13(11-7-3-1-4-8-11)14(16)12-9-5-2-6-10-12;;;/h5-12H,13H2,1-4H3;1-10,13-14H,15-16H2;2*1H;/q;;;;+4. The van der Waals surface area contributed by atoms with Gasteiger partial charge in [0, 0.05) is 34.3 Å². The van der Waals surface area contributed by atoms with Crippen LogP contribution in [0.5, 0.6) is 0 Å². The molecule has 4 aromatic rings. The second kappa shape index (κ2) is 18.3. The molecule has 0 aromatic heterocycles. The minimum absolute atomic E-state index is 0.163. The SMILES string of the molecule is C[PH+](C)c1ccccc1Cc1ccccc1[PH+](C)C.NC(c1ccccc1)C(N)c1ccccc1.[Cl][Ru+2][Cl]. The van der Waals surface area contributed by atoms with Crippen LogP contribution in [0.2, 0.25) is 0 Å². The molecule has 4 rings (SSSR count). The molecule has 0 bridgehead atoms. The Kier molecular flexibility index (Phi) is 15.9. The maximum absolute atomic E-state index is 6.15. The average Bonchev–Trinajstić information content (AvgIpc) is 2.94. The van der Waals surface area contributed by atoms with Crippen LogP contribution in [0.3, 0.4) is 0 Å². The molecule has 0 saturated heterocycles.